The third-order valence-corrected chi connectivity index (χ3v) is 4.32. The summed E-state index contributed by atoms with van der Waals surface area (Å²) >= 11 is 12.8. The summed E-state index contributed by atoms with van der Waals surface area (Å²) in [6.45, 7) is 2.92. The Morgan fingerprint density at radius 3 is 2.89 bits per heavy atom. The van der Waals surface area contributed by atoms with Gasteiger partial charge in [0.15, 0.2) is 0 Å². The Kier molecular flexibility index (Phi) is 4.80. The molecule has 3 N–H and O–H groups in total. The molecule has 0 radical (unpaired) electrons. The van der Waals surface area contributed by atoms with Crippen molar-refractivity contribution in [3.05, 3.63) is 50.7 Å². The molecule has 1 aromatic heterocycles. The normalized spacial score (nSPS) is 10.4. The summed E-state index contributed by atoms with van der Waals surface area (Å²) < 4.78 is 0. The van der Waals surface area contributed by atoms with Crippen LogP contribution < -0.4 is 11.1 Å². The quantitative estimate of drug-likeness (QED) is 0.812. The first-order chi connectivity index (χ1) is 9.11. The molecular weight excluding hydrogens is 296 g/mol. The number of hydrogen-bond donors (Lipinski definition) is 2. The van der Waals surface area contributed by atoms with Crippen molar-refractivity contribution in [2.24, 2.45) is 5.73 Å². The van der Waals surface area contributed by atoms with Crippen LogP contribution in [-0.2, 0) is 13.0 Å². The lowest BCUT2D eigenvalue weighted by atomic mass is 10.1. The second-order valence-electron chi connectivity index (χ2n) is 4.13. The van der Waals surface area contributed by atoms with Gasteiger partial charge in [0.1, 0.15) is 4.99 Å². The van der Waals surface area contributed by atoms with Crippen LogP contribution in [0.5, 0.6) is 0 Å². The predicted molar refractivity (Wildman–Crippen MR) is 88.4 cm³/mol. The van der Waals surface area contributed by atoms with Crippen LogP contribution in [0.4, 0.5) is 5.69 Å². The summed E-state index contributed by atoms with van der Waals surface area (Å²) in [6, 6.07) is 7.66. The third kappa shape index (κ3) is 3.47. The van der Waals surface area contributed by atoms with E-state index in [9.17, 15) is 0 Å². The average Bonchev–Trinajstić information content (AvgIpc) is 2.83. The summed E-state index contributed by atoms with van der Waals surface area (Å²) in [7, 11) is 0. The fourth-order valence-electron chi connectivity index (χ4n) is 1.89. The SMILES string of the molecule is CCc1ccsc1CNc1cc(Cl)ccc1C(N)=S. The van der Waals surface area contributed by atoms with E-state index < -0.39 is 0 Å². The van der Waals surface area contributed by atoms with Crippen molar-refractivity contribution in [2.75, 3.05) is 5.32 Å². The molecule has 0 saturated carbocycles. The maximum atomic E-state index is 6.02. The zero-order chi connectivity index (χ0) is 13.8. The minimum Gasteiger partial charge on any atom is -0.389 e. The van der Waals surface area contributed by atoms with E-state index in [0.29, 0.717) is 10.0 Å². The fraction of sp³-hybridized carbons (Fsp3) is 0.214. The number of aryl methyl sites for hydroxylation is 1. The van der Waals surface area contributed by atoms with Crippen molar-refractivity contribution in [2.45, 2.75) is 19.9 Å². The second-order valence-corrected chi connectivity index (χ2v) is 6.01. The summed E-state index contributed by atoms with van der Waals surface area (Å²) in [5.74, 6) is 0. The Morgan fingerprint density at radius 1 is 1.42 bits per heavy atom. The molecule has 19 heavy (non-hydrogen) atoms. The number of nitrogens with one attached hydrogen (secondary N) is 1. The van der Waals surface area contributed by atoms with Crippen LogP contribution in [0.1, 0.15) is 22.9 Å². The molecule has 2 rings (SSSR count). The van der Waals surface area contributed by atoms with Crippen molar-refractivity contribution in [3.63, 3.8) is 0 Å². The number of benzene rings is 1. The Balaban J connectivity index is 2.19. The van der Waals surface area contributed by atoms with Gasteiger partial charge in [-0.3, -0.25) is 0 Å². The fourth-order valence-corrected chi connectivity index (χ4v) is 3.16. The smallest absolute Gasteiger partial charge is 0.106 e. The monoisotopic (exact) mass is 310 g/mol. The predicted octanol–water partition coefficient (Wildman–Crippen LogP) is 4.21. The topological polar surface area (TPSA) is 38.0 Å². The van der Waals surface area contributed by atoms with Gasteiger partial charge in [0, 0.05) is 27.7 Å². The second kappa shape index (κ2) is 6.37. The number of anilines is 1. The molecule has 0 bridgehead atoms. The molecule has 5 heteroatoms. The lowest BCUT2D eigenvalue weighted by Crippen LogP contribution is -2.13. The molecule has 0 fully saturated rings. The summed E-state index contributed by atoms with van der Waals surface area (Å²) in [4.78, 5) is 1.71. The number of thiophene rings is 1. The Labute approximate surface area is 127 Å². The van der Waals surface area contributed by atoms with Crippen LogP contribution in [-0.4, -0.2) is 4.99 Å². The van der Waals surface area contributed by atoms with Crippen molar-refractivity contribution in [1.29, 1.82) is 0 Å². The molecule has 0 aliphatic heterocycles. The standard InChI is InChI=1S/C14H15ClN2S2/c1-2-9-5-6-19-13(9)8-17-12-7-10(15)3-4-11(12)14(16)18/h3-7,17H,2,8H2,1H3,(H2,16,18). The Morgan fingerprint density at radius 2 is 2.21 bits per heavy atom. The summed E-state index contributed by atoms with van der Waals surface area (Å²) in [5.41, 5.74) is 8.80. The van der Waals surface area contributed by atoms with Gasteiger partial charge >= 0.3 is 0 Å². The number of thiocarbonyl (C=S) groups is 1. The summed E-state index contributed by atoms with van der Waals surface area (Å²) in [5, 5.41) is 6.16. The first kappa shape index (κ1) is 14.3. The molecule has 0 aliphatic rings. The molecule has 2 aromatic rings. The van der Waals surface area contributed by atoms with E-state index in [1.165, 1.54) is 10.4 Å². The Hall–Kier alpha value is -1.10. The molecule has 1 heterocycles. The van der Waals surface area contributed by atoms with Gasteiger partial charge < -0.3 is 11.1 Å². The van der Waals surface area contributed by atoms with E-state index in [0.717, 1.165) is 24.2 Å². The van der Waals surface area contributed by atoms with Gasteiger partial charge in [-0.05, 0) is 41.6 Å². The lowest BCUT2D eigenvalue weighted by molar-refractivity contribution is 1.08. The molecule has 0 atom stereocenters. The summed E-state index contributed by atoms with van der Waals surface area (Å²) in [6.07, 6.45) is 1.04. The van der Waals surface area contributed by atoms with Crippen LogP contribution in [0, 0.1) is 0 Å². The lowest BCUT2D eigenvalue weighted by Gasteiger charge is -2.11. The van der Waals surface area contributed by atoms with E-state index in [4.69, 9.17) is 29.6 Å². The van der Waals surface area contributed by atoms with E-state index in [-0.39, 0.29) is 0 Å². The van der Waals surface area contributed by atoms with E-state index in [1.54, 1.807) is 17.4 Å². The van der Waals surface area contributed by atoms with Gasteiger partial charge in [-0.1, -0.05) is 30.7 Å². The molecule has 1 aromatic carbocycles. The zero-order valence-electron chi connectivity index (χ0n) is 10.6. The van der Waals surface area contributed by atoms with Crippen molar-refractivity contribution < 1.29 is 0 Å². The van der Waals surface area contributed by atoms with Gasteiger partial charge in [0.2, 0.25) is 0 Å². The van der Waals surface area contributed by atoms with Crippen LogP contribution >= 0.6 is 35.2 Å². The van der Waals surface area contributed by atoms with Gasteiger partial charge in [-0.2, -0.15) is 0 Å². The van der Waals surface area contributed by atoms with Gasteiger partial charge in [0.25, 0.3) is 0 Å². The number of halogens is 1. The molecule has 100 valence electrons. The molecule has 0 spiro atoms. The number of nitrogens with two attached hydrogens (primary N) is 1. The minimum atomic E-state index is 0.376. The highest BCUT2D eigenvalue weighted by Gasteiger charge is 2.07. The van der Waals surface area contributed by atoms with Crippen LogP contribution in [0.25, 0.3) is 0 Å². The highest BCUT2D eigenvalue weighted by molar-refractivity contribution is 7.80. The van der Waals surface area contributed by atoms with E-state index >= 15 is 0 Å². The minimum absolute atomic E-state index is 0.376. The van der Waals surface area contributed by atoms with Crippen molar-refractivity contribution in [3.8, 4) is 0 Å². The molecule has 2 nitrogen and oxygen atoms in total. The van der Waals surface area contributed by atoms with Crippen LogP contribution in [0.2, 0.25) is 5.02 Å². The molecule has 0 saturated heterocycles. The highest BCUT2D eigenvalue weighted by atomic mass is 35.5. The number of hydrogen-bond acceptors (Lipinski definition) is 3. The molecular formula is C14H15ClN2S2. The first-order valence-corrected chi connectivity index (χ1v) is 7.67. The molecule has 0 aliphatic carbocycles. The van der Waals surface area contributed by atoms with E-state index in [2.05, 4.69) is 23.7 Å². The van der Waals surface area contributed by atoms with Gasteiger partial charge in [0.05, 0.1) is 0 Å². The zero-order valence-corrected chi connectivity index (χ0v) is 13.0. The van der Waals surface area contributed by atoms with Crippen LogP contribution in [0.3, 0.4) is 0 Å². The van der Waals surface area contributed by atoms with Crippen LogP contribution in [0.15, 0.2) is 29.6 Å². The largest absolute Gasteiger partial charge is 0.389 e. The number of rotatable bonds is 5. The van der Waals surface area contributed by atoms with E-state index in [1.807, 2.05) is 12.1 Å². The maximum Gasteiger partial charge on any atom is 0.106 e. The van der Waals surface area contributed by atoms with Gasteiger partial charge in [-0.15, -0.1) is 11.3 Å². The molecule has 0 amide bonds. The average molecular weight is 311 g/mol. The maximum absolute atomic E-state index is 6.02. The van der Waals surface area contributed by atoms with Crippen molar-refractivity contribution >= 4 is 45.8 Å². The highest BCUT2D eigenvalue weighted by Crippen LogP contribution is 2.24. The Bertz CT molecular complexity index is 593. The third-order valence-electron chi connectivity index (χ3n) is 2.91. The van der Waals surface area contributed by atoms with Gasteiger partial charge in [-0.25, -0.2) is 0 Å². The first-order valence-electron chi connectivity index (χ1n) is 6.00. The molecule has 0 unspecified atom stereocenters. The van der Waals surface area contributed by atoms with Crippen molar-refractivity contribution in [1.82, 2.24) is 0 Å².